The summed E-state index contributed by atoms with van der Waals surface area (Å²) in [7, 11) is 0. The zero-order valence-corrected chi connectivity index (χ0v) is 15.6. The molecule has 1 amide bonds. The van der Waals surface area contributed by atoms with Crippen molar-refractivity contribution in [3.05, 3.63) is 46.5 Å². The summed E-state index contributed by atoms with van der Waals surface area (Å²) in [5.41, 5.74) is 4.36. The van der Waals surface area contributed by atoms with Crippen LogP contribution < -0.4 is 5.32 Å². The van der Waals surface area contributed by atoms with Crippen molar-refractivity contribution in [3.8, 4) is 0 Å². The van der Waals surface area contributed by atoms with Crippen LogP contribution in [0, 0.1) is 20.8 Å². The molecule has 0 fully saturated rings. The highest BCUT2D eigenvalue weighted by atomic mass is 32.2. The monoisotopic (exact) mass is 357 g/mol. The number of pyridine rings is 1. The van der Waals surface area contributed by atoms with Crippen molar-refractivity contribution in [3.63, 3.8) is 0 Å². The average molecular weight is 358 g/mol. The van der Waals surface area contributed by atoms with Gasteiger partial charge in [0.25, 0.3) is 0 Å². The number of hydrogen-bond acceptors (Lipinski definition) is 5. The molecule has 2 aromatic heterocycles. The van der Waals surface area contributed by atoms with Gasteiger partial charge in [-0.05, 0) is 38.0 Å². The van der Waals surface area contributed by atoms with Gasteiger partial charge < -0.3 is 5.32 Å². The number of hydrogen-bond donors (Lipinski definition) is 1. The highest BCUT2D eigenvalue weighted by Crippen LogP contribution is 2.26. The standard InChI is InChI=1S/C18H19N3OS2/c1-11-5-4-6-14-12(2)9-16(21-17(11)14)23-8-7-15(22)20-18-19-13(3)10-24-18/h4-6,9-10H,7-8H2,1-3H3,(H,19,20,22). The summed E-state index contributed by atoms with van der Waals surface area (Å²) >= 11 is 3.06. The Balaban J connectivity index is 1.61. The van der Waals surface area contributed by atoms with Gasteiger partial charge in [0, 0.05) is 22.9 Å². The molecule has 1 aromatic carbocycles. The van der Waals surface area contributed by atoms with Gasteiger partial charge in [-0.2, -0.15) is 0 Å². The number of anilines is 1. The number of para-hydroxylation sites is 1. The molecular formula is C18H19N3OS2. The van der Waals surface area contributed by atoms with Gasteiger partial charge in [0.15, 0.2) is 5.13 Å². The van der Waals surface area contributed by atoms with Gasteiger partial charge in [0.05, 0.1) is 16.2 Å². The first-order valence-corrected chi connectivity index (χ1v) is 9.61. The summed E-state index contributed by atoms with van der Waals surface area (Å²) in [6, 6.07) is 8.33. The second kappa shape index (κ2) is 7.32. The molecule has 0 unspecified atom stereocenters. The van der Waals surface area contributed by atoms with Crippen LogP contribution in [0.25, 0.3) is 10.9 Å². The Bertz CT molecular complexity index is 889. The zero-order chi connectivity index (χ0) is 17.1. The Morgan fingerprint density at radius 1 is 1.21 bits per heavy atom. The molecule has 0 radical (unpaired) electrons. The Morgan fingerprint density at radius 3 is 2.79 bits per heavy atom. The lowest BCUT2D eigenvalue weighted by atomic mass is 10.1. The van der Waals surface area contributed by atoms with Crippen LogP contribution >= 0.6 is 23.1 Å². The number of carbonyl (C=O) groups is 1. The fraction of sp³-hybridized carbons (Fsp3) is 0.278. The quantitative estimate of drug-likeness (QED) is 0.670. The first-order chi connectivity index (χ1) is 11.5. The number of rotatable bonds is 5. The van der Waals surface area contributed by atoms with Crippen LogP contribution in [0.4, 0.5) is 5.13 Å². The van der Waals surface area contributed by atoms with E-state index in [2.05, 4.69) is 48.4 Å². The van der Waals surface area contributed by atoms with Gasteiger partial charge in [0.1, 0.15) is 0 Å². The number of aryl methyl sites for hydroxylation is 3. The molecule has 0 aliphatic heterocycles. The smallest absolute Gasteiger partial charge is 0.226 e. The van der Waals surface area contributed by atoms with E-state index in [0.29, 0.717) is 17.3 Å². The molecule has 0 bridgehead atoms. The largest absolute Gasteiger partial charge is 0.302 e. The maximum Gasteiger partial charge on any atom is 0.226 e. The first kappa shape index (κ1) is 16.9. The Hall–Kier alpha value is -1.92. The number of fused-ring (bicyclic) bond motifs is 1. The number of benzene rings is 1. The lowest BCUT2D eigenvalue weighted by Gasteiger charge is -2.08. The molecule has 6 heteroatoms. The van der Waals surface area contributed by atoms with Crippen molar-refractivity contribution in [2.45, 2.75) is 32.2 Å². The number of thiazole rings is 1. The maximum atomic E-state index is 12.0. The third kappa shape index (κ3) is 3.94. The Labute approximate surface area is 149 Å². The second-order valence-electron chi connectivity index (χ2n) is 5.69. The molecule has 4 nitrogen and oxygen atoms in total. The van der Waals surface area contributed by atoms with Crippen LogP contribution in [-0.2, 0) is 4.79 Å². The van der Waals surface area contributed by atoms with Crippen molar-refractivity contribution >= 4 is 45.0 Å². The molecule has 0 aliphatic rings. The van der Waals surface area contributed by atoms with Gasteiger partial charge in [-0.3, -0.25) is 4.79 Å². The van der Waals surface area contributed by atoms with Crippen molar-refractivity contribution < 1.29 is 4.79 Å². The van der Waals surface area contributed by atoms with E-state index in [-0.39, 0.29) is 5.91 Å². The van der Waals surface area contributed by atoms with Crippen LogP contribution in [0.3, 0.4) is 0 Å². The number of amides is 1. The van der Waals surface area contributed by atoms with Gasteiger partial charge in [0.2, 0.25) is 5.91 Å². The van der Waals surface area contributed by atoms with Gasteiger partial charge in [-0.25, -0.2) is 9.97 Å². The lowest BCUT2D eigenvalue weighted by molar-refractivity contribution is -0.115. The molecule has 0 spiro atoms. The molecular weight excluding hydrogens is 338 g/mol. The molecule has 3 rings (SSSR count). The van der Waals surface area contributed by atoms with Gasteiger partial charge >= 0.3 is 0 Å². The topological polar surface area (TPSA) is 54.9 Å². The van der Waals surface area contributed by atoms with Crippen LogP contribution in [0.5, 0.6) is 0 Å². The van der Waals surface area contributed by atoms with E-state index < -0.39 is 0 Å². The second-order valence-corrected chi connectivity index (χ2v) is 7.66. The van der Waals surface area contributed by atoms with Crippen LogP contribution in [-0.4, -0.2) is 21.6 Å². The molecule has 2 heterocycles. The van der Waals surface area contributed by atoms with E-state index in [1.165, 1.54) is 27.8 Å². The minimum Gasteiger partial charge on any atom is -0.302 e. The average Bonchev–Trinajstić information content (AvgIpc) is 2.93. The fourth-order valence-electron chi connectivity index (χ4n) is 2.45. The molecule has 3 aromatic rings. The third-order valence-corrected chi connectivity index (χ3v) is 5.46. The van der Waals surface area contributed by atoms with E-state index >= 15 is 0 Å². The number of aromatic nitrogens is 2. The van der Waals surface area contributed by atoms with Crippen LogP contribution in [0.2, 0.25) is 0 Å². The molecule has 0 aliphatic carbocycles. The third-order valence-electron chi connectivity index (χ3n) is 3.67. The Kier molecular flexibility index (Phi) is 5.16. The van der Waals surface area contributed by atoms with Gasteiger partial charge in [-0.15, -0.1) is 23.1 Å². The molecule has 1 N–H and O–H groups in total. The predicted octanol–water partition coefficient (Wildman–Crippen LogP) is 4.74. The predicted molar refractivity (Wildman–Crippen MR) is 102 cm³/mol. The number of nitrogens with zero attached hydrogens (tertiary/aromatic N) is 2. The Morgan fingerprint density at radius 2 is 2.04 bits per heavy atom. The minimum absolute atomic E-state index is 0.00876. The summed E-state index contributed by atoms with van der Waals surface area (Å²) in [6.07, 6.45) is 0.440. The molecule has 124 valence electrons. The van der Waals surface area contributed by atoms with Crippen molar-refractivity contribution in [2.75, 3.05) is 11.1 Å². The lowest BCUT2D eigenvalue weighted by Crippen LogP contribution is -2.12. The van der Waals surface area contributed by atoms with E-state index in [4.69, 9.17) is 4.98 Å². The van der Waals surface area contributed by atoms with E-state index in [0.717, 1.165) is 16.2 Å². The van der Waals surface area contributed by atoms with E-state index in [1.807, 2.05) is 12.3 Å². The van der Waals surface area contributed by atoms with Crippen molar-refractivity contribution in [2.24, 2.45) is 0 Å². The normalized spacial score (nSPS) is 11.0. The zero-order valence-electron chi connectivity index (χ0n) is 13.9. The number of thioether (sulfide) groups is 1. The number of carbonyl (C=O) groups excluding carboxylic acids is 1. The van der Waals surface area contributed by atoms with Crippen molar-refractivity contribution in [1.29, 1.82) is 0 Å². The fourth-order valence-corrected chi connectivity index (χ4v) is 4.06. The molecule has 0 saturated heterocycles. The van der Waals surface area contributed by atoms with Crippen molar-refractivity contribution in [1.82, 2.24) is 9.97 Å². The van der Waals surface area contributed by atoms with E-state index in [1.54, 1.807) is 11.8 Å². The first-order valence-electron chi connectivity index (χ1n) is 7.74. The summed E-state index contributed by atoms with van der Waals surface area (Å²) < 4.78 is 0. The van der Waals surface area contributed by atoms with Crippen LogP contribution in [0.1, 0.15) is 23.2 Å². The summed E-state index contributed by atoms with van der Waals surface area (Å²) in [4.78, 5) is 20.9. The van der Waals surface area contributed by atoms with Crippen LogP contribution in [0.15, 0.2) is 34.7 Å². The maximum absolute atomic E-state index is 12.0. The number of nitrogens with one attached hydrogen (secondary N) is 1. The summed E-state index contributed by atoms with van der Waals surface area (Å²) in [5, 5.41) is 7.58. The molecule has 0 saturated carbocycles. The highest BCUT2D eigenvalue weighted by Gasteiger charge is 2.08. The molecule has 0 atom stereocenters. The minimum atomic E-state index is -0.00876. The van der Waals surface area contributed by atoms with Gasteiger partial charge in [-0.1, -0.05) is 18.2 Å². The highest BCUT2D eigenvalue weighted by molar-refractivity contribution is 7.99. The van der Waals surface area contributed by atoms with E-state index in [9.17, 15) is 4.79 Å². The summed E-state index contributed by atoms with van der Waals surface area (Å²) in [5.74, 6) is 0.686. The summed E-state index contributed by atoms with van der Waals surface area (Å²) in [6.45, 7) is 6.09. The SMILES string of the molecule is Cc1csc(NC(=O)CCSc2cc(C)c3cccc(C)c3n2)n1. The molecule has 24 heavy (non-hydrogen) atoms.